The van der Waals surface area contributed by atoms with Crippen LogP contribution in [-0.2, 0) is 0 Å². The highest BCUT2D eigenvalue weighted by Gasteiger charge is 1.99. The van der Waals surface area contributed by atoms with Gasteiger partial charge in [0, 0.05) is 11.0 Å². The van der Waals surface area contributed by atoms with Crippen molar-refractivity contribution in [2.24, 2.45) is 0 Å². The van der Waals surface area contributed by atoms with Crippen LogP contribution in [-0.4, -0.2) is 21.7 Å². The summed E-state index contributed by atoms with van der Waals surface area (Å²) in [6.07, 6.45) is 0. The predicted octanol–water partition coefficient (Wildman–Crippen LogP) is 2.35. The maximum Gasteiger partial charge on any atom is 0.243 e. The number of nitrogens with one attached hydrogen (secondary N) is 1. The number of rotatable bonds is 3. The van der Waals surface area contributed by atoms with Crippen molar-refractivity contribution in [3.05, 3.63) is 35.3 Å². The minimum absolute atomic E-state index is 0.509. The molecule has 4 nitrogen and oxygen atoms in total. The van der Waals surface area contributed by atoms with Gasteiger partial charge in [-0.25, -0.2) is 4.98 Å². The molecule has 0 amide bonds. The zero-order valence-corrected chi connectivity index (χ0v) is 9.53. The largest absolute Gasteiger partial charge is 0.348 e. The van der Waals surface area contributed by atoms with E-state index in [0.717, 1.165) is 15.5 Å². The molecule has 0 spiro atoms. The number of anilines is 1. The summed E-state index contributed by atoms with van der Waals surface area (Å²) in [5, 5.41) is 11.0. The normalized spacial score (nSPS) is 10.2. The second-order valence-electron chi connectivity index (χ2n) is 2.99. The van der Waals surface area contributed by atoms with E-state index >= 15 is 0 Å². The summed E-state index contributed by atoms with van der Waals surface area (Å²) in [6, 6.07) is 7.61. The first-order valence-corrected chi connectivity index (χ1v) is 5.21. The molecule has 1 aromatic heterocycles. The van der Waals surface area contributed by atoms with Crippen LogP contribution in [0.3, 0.4) is 0 Å². The maximum absolute atomic E-state index is 4.30. The van der Waals surface area contributed by atoms with E-state index in [4.69, 9.17) is 0 Å². The summed E-state index contributed by atoms with van der Waals surface area (Å²) in [5.41, 5.74) is 1.62. The van der Waals surface area contributed by atoms with Gasteiger partial charge in [-0.15, -0.1) is 10.2 Å². The topological polar surface area (TPSA) is 50.7 Å². The van der Waals surface area contributed by atoms with Crippen molar-refractivity contribution in [2.45, 2.75) is 0 Å². The molecule has 2 rings (SSSR count). The second-order valence-corrected chi connectivity index (χ2v) is 4.12. The van der Waals surface area contributed by atoms with Crippen LogP contribution < -0.4 is 5.32 Å². The third-order valence-electron chi connectivity index (χ3n) is 1.80. The molecule has 1 aromatic carbocycles. The monoisotopic (exact) mass is 264 g/mol. The molecule has 2 aromatic rings. The standard InChI is InChI=1S/C10H9BrN4/c1-7(11)6-12-10-13-8-4-2-3-5-9(8)14-15-10/h2-5H,1,6H2,(H,12,13,15). The molecule has 0 radical (unpaired) electrons. The Morgan fingerprint density at radius 2 is 2.00 bits per heavy atom. The Labute approximate surface area is 95.6 Å². The molecule has 0 unspecified atom stereocenters. The summed E-state index contributed by atoms with van der Waals surface area (Å²) in [4.78, 5) is 4.30. The van der Waals surface area contributed by atoms with E-state index < -0.39 is 0 Å². The molecule has 0 fully saturated rings. The lowest BCUT2D eigenvalue weighted by atomic mass is 10.3. The van der Waals surface area contributed by atoms with Crippen LogP contribution in [0.25, 0.3) is 11.0 Å². The summed E-state index contributed by atoms with van der Waals surface area (Å²) in [6.45, 7) is 4.29. The fraction of sp³-hybridized carbons (Fsp3) is 0.100. The zero-order valence-electron chi connectivity index (χ0n) is 7.94. The van der Waals surface area contributed by atoms with Gasteiger partial charge >= 0.3 is 0 Å². The fourth-order valence-electron chi connectivity index (χ4n) is 1.13. The van der Waals surface area contributed by atoms with E-state index in [0.29, 0.717) is 12.5 Å². The number of aromatic nitrogens is 3. The van der Waals surface area contributed by atoms with Gasteiger partial charge in [-0.05, 0) is 12.1 Å². The van der Waals surface area contributed by atoms with Crippen LogP contribution in [0.5, 0.6) is 0 Å². The smallest absolute Gasteiger partial charge is 0.243 e. The molecule has 76 valence electrons. The van der Waals surface area contributed by atoms with Crippen molar-refractivity contribution in [3.8, 4) is 0 Å². The minimum Gasteiger partial charge on any atom is -0.348 e. The summed E-state index contributed by atoms with van der Waals surface area (Å²) < 4.78 is 0.847. The summed E-state index contributed by atoms with van der Waals surface area (Å²) >= 11 is 3.25. The molecule has 15 heavy (non-hydrogen) atoms. The Morgan fingerprint density at radius 3 is 2.73 bits per heavy atom. The molecule has 0 saturated carbocycles. The third-order valence-corrected chi connectivity index (χ3v) is 2.08. The second kappa shape index (κ2) is 4.35. The van der Waals surface area contributed by atoms with Crippen molar-refractivity contribution >= 4 is 32.9 Å². The van der Waals surface area contributed by atoms with Crippen molar-refractivity contribution in [3.63, 3.8) is 0 Å². The fourth-order valence-corrected chi connectivity index (χ4v) is 1.27. The van der Waals surface area contributed by atoms with Gasteiger partial charge in [0.25, 0.3) is 0 Å². The molecular formula is C10H9BrN4. The van der Waals surface area contributed by atoms with Gasteiger partial charge in [-0.1, -0.05) is 34.6 Å². The highest BCUT2D eigenvalue weighted by Crippen LogP contribution is 2.09. The Balaban J connectivity index is 2.26. The van der Waals surface area contributed by atoms with Crippen molar-refractivity contribution in [1.29, 1.82) is 0 Å². The number of nitrogens with zero attached hydrogens (tertiary/aromatic N) is 3. The van der Waals surface area contributed by atoms with Crippen LogP contribution in [0.2, 0.25) is 0 Å². The highest BCUT2D eigenvalue weighted by molar-refractivity contribution is 9.11. The molecule has 1 N–H and O–H groups in total. The van der Waals surface area contributed by atoms with E-state index in [9.17, 15) is 0 Å². The van der Waals surface area contributed by atoms with Crippen molar-refractivity contribution < 1.29 is 0 Å². The van der Waals surface area contributed by atoms with Crippen molar-refractivity contribution in [1.82, 2.24) is 15.2 Å². The minimum atomic E-state index is 0.509. The Hall–Kier alpha value is -1.49. The van der Waals surface area contributed by atoms with Crippen LogP contribution in [0, 0.1) is 0 Å². The number of hydrogen-bond donors (Lipinski definition) is 1. The average Bonchev–Trinajstić information content (AvgIpc) is 2.26. The highest BCUT2D eigenvalue weighted by atomic mass is 79.9. The van der Waals surface area contributed by atoms with Gasteiger partial charge in [-0.3, -0.25) is 0 Å². The van der Waals surface area contributed by atoms with Crippen LogP contribution in [0.15, 0.2) is 35.3 Å². The quantitative estimate of drug-likeness (QED) is 0.925. The number of fused-ring (bicyclic) bond motifs is 1. The first-order valence-electron chi connectivity index (χ1n) is 4.42. The summed E-state index contributed by atoms with van der Waals surface area (Å²) in [5.74, 6) is 0.509. The van der Waals surface area contributed by atoms with Gasteiger partial charge in [-0.2, -0.15) is 0 Å². The summed E-state index contributed by atoms with van der Waals surface area (Å²) in [7, 11) is 0. The SMILES string of the molecule is C=C(Br)CNc1nnc2ccccc2n1. The number of para-hydroxylation sites is 1. The molecule has 0 bridgehead atoms. The van der Waals surface area contributed by atoms with Crippen LogP contribution >= 0.6 is 15.9 Å². The third kappa shape index (κ3) is 2.50. The zero-order chi connectivity index (χ0) is 10.7. The van der Waals surface area contributed by atoms with E-state index in [1.165, 1.54) is 0 Å². The maximum atomic E-state index is 4.30. The van der Waals surface area contributed by atoms with E-state index in [2.05, 4.69) is 43.0 Å². The molecule has 1 heterocycles. The van der Waals surface area contributed by atoms with E-state index in [1.807, 2.05) is 24.3 Å². The van der Waals surface area contributed by atoms with Gasteiger partial charge in [0.15, 0.2) is 0 Å². The molecule has 0 saturated heterocycles. The Kier molecular flexibility index (Phi) is 2.91. The molecule has 0 aliphatic carbocycles. The van der Waals surface area contributed by atoms with Crippen molar-refractivity contribution in [2.75, 3.05) is 11.9 Å². The van der Waals surface area contributed by atoms with Gasteiger partial charge in [0.05, 0.1) is 5.52 Å². The van der Waals surface area contributed by atoms with E-state index in [1.54, 1.807) is 0 Å². The number of halogens is 1. The molecule has 0 aliphatic rings. The number of benzene rings is 1. The van der Waals surface area contributed by atoms with Gasteiger partial charge in [0.2, 0.25) is 5.95 Å². The average molecular weight is 265 g/mol. The lowest BCUT2D eigenvalue weighted by molar-refractivity contribution is 1.01. The molecular weight excluding hydrogens is 256 g/mol. The van der Waals surface area contributed by atoms with Crippen LogP contribution in [0.4, 0.5) is 5.95 Å². The number of hydrogen-bond acceptors (Lipinski definition) is 4. The lowest BCUT2D eigenvalue weighted by Crippen LogP contribution is -2.05. The Bertz CT molecular complexity index is 498. The molecule has 5 heteroatoms. The Morgan fingerprint density at radius 1 is 1.27 bits per heavy atom. The van der Waals surface area contributed by atoms with Crippen LogP contribution in [0.1, 0.15) is 0 Å². The predicted molar refractivity (Wildman–Crippen MR) is 63.9 cm³/mol. The van der Waals surface area contributed by atoms with Gasteiger partial charge in [0.1, 0.15) is 5.52 Å². The van der Waals surface area contributed by atoms with Gasteiger partial charge < -0.3 is 5.32 Å². The molecule has 0 atom stereocenters. The molecule has 0 aliphatic heterocycles. The first kappa shape index (κ1) is 10.0. The lowest BCUT2D eigenvalue weighted by Gasteiger charge is -2.02. The first-order chi connectivity index (χ1) is 7.25. The van der Waals surface area contributed by atoms with E-state index in [-0.39, 0.29) is 0 Å².